The summed E-state index contributed by atoms with van der Waals surface area (Å²) in [5.41, 5.74) is 3.55. The van der Waals surface area contributed by atoms with Crippen molar-refractivity contribution in [1.82, 2.24) is 14.9 Å². The van der Waals surface area contributed by atoms with Crippen LogP contribution in [0.1, 0.15) is 16.8 Å². The van der Waals surface area contributed by atoms with Crippen molar-refractivity contribution in [2.24, 2.45) is 0 Å². The second-order valence-corrected chi connectivity index (χ2v) is 6.33. The van der Waals surface area contributed by atoms with Crippen molar-refractivity contribution < 1.29 is 0 Å². The number of nitrogens with one attached hydrogen (secondary N) is 1. The number of benzene rings is 1. The maximum Gasteiger partial charge on any atom is 0.227 e. The van der Waals surface area contributed by atoms with E-state index in [1.165, 1.54) is 11.1 Å². The van der Waals surface area contributed by atoms with E-state index in [0.29, 0.717) is 0 Å². The Morgan fingerprint density at radius 3 is 2.57 bits per heavy atom. The Hall–Kier alpha value is -2.14. The van der Waals surface area contributed by atoms with Crippen LogP contribution in [0, 0.1) is 13.8 Å². The Morgan fingerprint density at radius 1 is 1.04 bits per heavy atom. The predicted molar refractivity (Wildman–Crippen MR) is 95.0 cm³/mol. The van der Waals surface area contributed by atoms with Crippen LogP contribution >= 0.6 is 0 Å². The highest BCUT2D eigenvalue weighted by Gasteiger charge is 2.17. The van der Waals surface area contributed by atoms with Crippen LogP contribution in [0.2, 0.25) is 0 Å². The summed E-state index contributed by atoms with van der Waals surface area (Å²) in [5, 5.41) is 3.43. The summed E-state index contributed by atoms with van der Waals surface area (Å²) in [7, 11) is 2.16. The van der Waals surface area contributed by atoms with Gasteiger partial charge in [-0.25, -0.2) is 4.98 Å². The Morgan fingerprint density at radius 2 is 1.83 bits per heavy atom. The first-order valence-corrected chi connectivity index (χ1v) is 8.19. The number of anilines is 2. The van der Waals surface area contributed by atoms with Gasteiger partial charge in [0.1, 0.15) is 5.82 Å². The maximum absolute atomic E-state index is 4.70. The Balaban J connectivity index is 1.70. The lowest BCUT2D eigenvalue weighted by Gasteiger charge is -2.32. The van der Waals surface area contributed by atoms with Crippen LogP contribution in [0.25, 0.3) is 0 Å². The number of hydrogen-bond acceptors (Lipinski definition) is 5. The van der Waals surface area contributed by atoms with Crippen molar-refractivity contribution >= 4 is 11.8 Å². The van der Waals surface area contributed by atoms with E-state index in [2.05, 4.69) is 58.3 Å². The van der Waals surface area contributed by atoms with Gasteiger partial charge in [-0.15, -0.1) is 0 Å². The smallest absolute Gasteiger partial charge is 0.227 e. The fourth-order valence-corrected chi connectivity index (χ4v) is 2.81. The molecule has 1 N–H and O–H groups in total. The Kier molecular flexibility index (Phi) is 4.76. The maximum atomic E-state index is 4.70. The van der Waals surface area contributed by atoms with Crippen molar-refractivity contribution in [3.63, 3.8) is 0 Å². The predicted octanol–water partition coefficient (Wildman–Crippen LogP) is 2.46. The summed E-state index contributed by atoms with van der Waals surface area (Å²) in [4.78, 5) is 13.9. The van der Waals surface area contributed by atoms with E-state index in [4.69, 9.17) is 4.98 Å². The zero-order chi connectivity index (χ0) is 16.2. The number of nitrogens with zero attached hydrogens (tertiary/aromatic N) is 4. The molecule has 2 heterocycles. The van der Waals surface area contributed by atoms with Gasteiger partial charge in [-0.1, -0.05) is 29.8 Å². The van der Waals surface area contributed by atoms with Crippen LogP contribution in [0.5, 0.6) is 0 Å². The molecule has 1 fully saturated rings. The summed E-state index contributed by atoms with van der Waals surface area (Å²) in [6.07, 6.45) is 0. The molecule has 1 aliphatic rings. The summed E-state index contributed by atoms with van der Waals surface area (Å²) < 4.78 is 0. The van der Waals surface area contributed by atoms with Gasteiger partial charge < -0.3 is 15.1 Å². The average molecular weight is 311 g/mol. The molecule has 0 spiro atoms. The second kappa shape index (κ2) is 6.96. The van der Waals surface area contributed by atoms with Gasteiger partial charge in [-0.3, -0.25) is 0 Å². The highest BCUT2D eigenvalue weighted by Crippen LogP contribution is 2.16. The summed E-state index contributed by atoms with van der Waals surface area (Å²) in [6.45, 7) is 9.00. The standard InChI is InChI=1S/C18H25N5/c1-14-5-4-6-16(11-14)13-19-17-12-15(2)20-18(21-17)23-9-7-22(3)8-10-23/h4-6,11-12H,7-10,13H2,1-3H3,(H,19,20,21). The Labute approximate surface area is 138 Å². The molecule has 0 saturated carbocycles. The molecule has 0 atom stereocenters. The van der Waals surface area contributed by atoms with Crippen molar-refractivity contribution in [1.29, 1.82) is 0 Å². The summed E-state index contributed by atoms with van der Waals surface area (Å²) in [6, 6.07) is 10.5. The molecule has 23 heavy (non-hydrogen) atoms. The number of aromatic nitrogens is 2. The quantitative estimate of drug-likeness (QED) is 0.939. The van der Waals surface area contributed by atoms with Gasteiger partial charge in [0, 0.05) is 44.5 Å². The third kappa shape index (κ3) is 4.20. The van der Waals surface area contributed by atoms with Crippen molar-refractivity contribution in [2.45, 2.75) is 20.4 Å². The summed E-state index contributed by atoms with van der Waals surface area (Å²) >= 11 is 0. The largest absolute Gasteiger partial charge is 0.366 e. The highest BCUT2D eigenvalue weighted by molar-refractivity contribution is 5.44. The van der Waals surface area contributed by atoms with E-state index in [1.807, 2.05) is 13.0 Å². The fourth-order valence-electron chi connectivity index (χ4n) is 2.81. The fraction of sp³-hybridized carbons (Fsp3) is 0.444. The van der Waals surface area contributed by atoms with Gasteiger partial charge in [0.25, 0.3) is 0 Å². The molecule has 0 bridgehead atoms. The third-order valence-electron chi connectivity index (χ3n) is 4.18. The minimum atomic E-state index is 0.778. The monoisotopic (exact) mass is 311 g/mol. The lowest BCUT2D eigenvalue weighted by Crippen LogP contribution is -2.45. The van der Waals surface area contributed by atoms with Gasteiger partial charge in [0.2, 0.25) is 5.95 Å². The SMILES string of the molecule is Cc1cccc(CNc2cc(C)nc(N3CCN(C)CC3)n2)c1. The molecule has 5 heteroatoms. The molecule has 122 valence electrons. The number of rotatable bonds is 4. The number of likely N-dealkylation sites (N-methyl/N-ethyl adjacent to an activating group) is 1. The topological polar surface area (TPSA) is 44.3 Å². The van der Waals surface area contributed by atoms with Crippen molar-refractivity contribution in [3.05, 3.63) is 47.2 Å². The van der Waals surface area contributed by atoms with Gasteiger partial charge in [-0.2, -0.15) is 4.98 Å². The first-order valence-electron chi connectivity index (χ1n) is 8.19. The molecule has 5 nitrogen and oxygen atoms in total. The molecular formula is C18H25N5. The lowest BCUT2D eigenvalue weighted by molar-refractivity contribution is 0.311. The van der Waals surface area contributed by atoms with Crippen molar-refractivity contribution in [3.8, 4) is 0 Å². The first kappa shape index (κ1) is 15.7. The second-order valence-electron chi connectivity index (χ2n) is 6.33. The highest BCUT2D eigenvalue weighted by atomic mass is 15.3. The average Bonchev–Trinajstić information content (AvgIpc) is 2.53. The summed E-state index contributed by atoms with van der Waals surface area (Å²) in [5.74, 6) is 1.73. The number of hydrogen-bond donors (Lipinski definition) is 1. The number of aryl methyl sites for hydroxylation is 2. The van der Waals surface area contributed by atoms with E-state index in [1.54, 1.807) is 0 Å². The number of piperazine rings is 1. The minimum absolute atomic E-state index is 0.778. The van der Waals surface area contributed by atoms with Crippen molar-refractivity contribution in [2.75, 3.05) is 43.4 Å². The van der Waals surface area contributed by atoms with E-state index >= 15 is 0 Å². The van der Waals surface area contributed by atoms with E-state index in [9.17, 15) is 0 Å². The van der Waals surface area contributed by atoms with Crippen LogP contribution < -0.4 is 10.2 Å². The molecule has 0 radical (unpaired) electrons. The van der Waals surface area contributed by atoms with Gasteiger partial charge >= 0.3 is 0 Å². The molecule has 1 aromatic carbocycles. The molecular weight excluding hydrogens is 286 g/mol. The van der Waals surface area contributed by atoms with E-state index in [-0.39, 0.29) is 0 Å². The van der Waals surface area contributed by atoms with E-state index < -0.39 is 0 Å². The van der Waals surface area contributed by atoms with Gasteiger partial charge in [-0.05, 0) is 26.5 Å². The van der Waals surface area contributed by atoms with Crippen LogP contribution in [0.15, 0.2) is 30.3 Å². The zero-order valence-electron chi connectivity index (χ0n) is 14.2. The van der Waals surface area contributed by atoms with Gasteiger partial charge in [0.15, 0.2) is 0 Å². The van der Waals surface area contributed by atoms with E-state index in [0.717, 1.165) is 50.2 Å². The lowest BCUT2D eigenvalue weighted by atomic mass is 10.1. The van der Waals surface area contributed by atoms with Crippen LogP contribution in [-0.2, 0) is 6.54 Å². The molecule has 0 aliphatic carbocycles. The van der Waals surface area contributed by atoms with Crippen LogP contribution in [0.4, 0.5) is 11.8 Å². The molecule has 1 aromatic heterocycles. The van der Waals surface area contributed by atoms with Crippen LogP contribution in [-0.4, -0.2) is 48.1 Å². The molecule has 0 unspecified atom stereocenters. The Bertz CT molecular complexity index is 662. The minimum Gasteiger partial charge on any atom is -0.366 e. The first-order chi connectivity index (χ1) is 11.1. The third-order valence-corrected chi connectivity index (χ3v) is 4.18. The van der Waals surface area contributed by atoms with Gasteiger partial charge in [0.05, 0.1) is 0 Å². The molecule has 1 aliphatic heterocycles. The molecule has 0 amide bonds. The molecule has 1 saturated heterocycles. The normalized spacial score (nSPS) is 15.7. The molecule has 2 aromatic rings. The molecule has 3 rings (SSSR count). The van der Waals surface area contributed by atoms with Crippen LogP contribution in [0.3, 0.4) is 0 Å². The zero-order valence-corrected chi connectivity index (χ0v) is 14.2.